The predicted octanol–water partition coefficient (Wildman–Crippen LogP) is 2.80. The molecule has 0 bridgehead atoms. The Kier molecular flexibility index (Phi) is 4.37. The van der Waals surface area contributed by atoms with Crippen molar-refractivity contribution in [1.82, 2.24) is 4.90 Å². The maximum atomic E-state index is 10.8. The number of hydrogen-bond acceptors (Lipinski definition) is 4. The molecule has 0 radical (unpaired) electrons. The topological polar surface area (TPSA) is 58.4 Å². The minimum atomic E-state index is -0.341. The molecule has 104 valence electrons. The van der Waals surface area contributed by atoms with Gasteiger partial charge in [-0.3, -0.25) is 10.1 Å². The molecule has 5 heteroatoms. The molecule has 5 nitrogen and oxygen atoms in total. The first-order valence-electron chi connectivity index (χ1n) is 6.80. The monoisotopic (exact) mass is 263 g/mol. The number of nitro groups is 1. The Morgan fingerprint density at radius 2 is 2.11 bits per heavy atom. The standard InChI is InChI=1S/C14H21N3O2/c1-11-9-13(5-6-14(11)17(18)19)15-12(2)10-16-7-3-4-8-16/h5-6,9,12,15H,3-4,7-8,10H2,1-2H3. The quantitative estimate of drug-likeness (QED) is 0.655. The lowest BCUT2D eigenvalue weighted by atomic mass is 10.1. The van der Waals surface area contributed by atoms with Crippen molar-refractivity contribution in [1.29, 1.82) is 0 Å². The Balaban J connectivity index is 1.94. The highest BCUT2D eigenvalue weighted by atomic mass is 16.6. The minimum absolute atomic E-state index is 0.178. The van der Waals surface area contributed by atoms with Gasteiger partial charge >= 0.3 is 0 Å². The largest absolute Gasteiger partial charge is 0.381 e. The number of likely N-dealkylation sites (tertiary alicyclic amines) is 1. The summed E-state index contributed by atoms with van der Waals surface area (Å²) >= 11 is 0. The van der Waals surface area contributed by atoms with Gasteiger partial charge in [0.25, 0.3) is 5.69 Å². The number of anilines is 1. The first kappa shape index (κ1) is 13.8. The molecule has 0 aromatic heterocycles. The number of nitro benzene ring substituents is 1. The summed E-state index contributed by atoms with van der Waals surface area (Å²) in [7, 11) is 0. The van der Waals surface area contributed by atoms with Crippen molar-refractivity contribution < 1.29 is 4.92 Å². The van der Waals surface area contributed by atoms with E-state index in [1.807, 2.05) is 6.07 Å². The summed E-state index contributed by atoms with van der Waals surface area (Å²) in [4.78, 5) is 12.9. The van der Waals surface area contributed by atoms with Gasteiger partial charge in [-0.05, 0) is 51.9 Å². The summed E-state index contributed by atoms with van der Waals surface area (Å²) in [5.41, 5.74) is 1.83. The van der Waals surface area contributed by atoms with Crippen molar-refractivity contribution in [3.8, 4) is 0 Å². The molecule has 1 heterocycles. The zero-order valence-corrected chi connectivity index (χ0v) is 11.6. The lowest BCUT2D eigenvalue weighted by Crippen LogP contribution is -2.32. The van der Waals surface area contributed by atoms with Crippen LogP contribution in [0.5, 0.6) is 0 Å². The van der Waals surface area contributed by atoms with Crippen molar-refractivity contribution in [2.75, 3.05) is 25.0 Å². The zero-order valence-electron chi connectivity index (χ0n) is 11.6. The highest BCUT2D eigenvalue weighted by Gasteiger charge is 2.15. The van der Waals surface area contributed by atoms with E-state index < -0.39 is 0 Å². The fraction of sp³-hybridized carbons (Fsp3) is 0.571. The number of nitrogens with zero attached hydrogens (tertiary/aromatic N) is 2. The third-order valence-corrected chi connectivity index (χ3v) is 3.54. The van der Waals surface area contributed by atoms with E-state index in [1.54, 1.807) is 19.1 Å². The Hall–Kier alpha value is -1.62. The van der Waals surface area contributed by atoms with Crippen LogP contribution in [0, 0.1) is 17.0 Å². The van der Waals surface area contributed by atoms with Crippen LogP contribution in [0.4, 0.5) is 11.4 Å². The first-order valence-corrected chi connectivity index (χ1v) is 6.80. The third-order valence-electron chi connectivity index (χ3n) is 3.54. The van der Waals surface area contributed by atoms with E-state index in [-0.39, 0.29) is 10.6 Å². The lowest BCUT2D eigenvalue weighted by Gasteiger charge is -2.22. The van der Waals surface area contributed by atoms with Gasteiger partial charge in [0.15, 0.2) is 0 Å². The van der Waals surface area contributed by atoms with Gasteiger partial charge < -0.3 is 10.2 Å². The molecule has 1 aliphatic heterocycles. The third kappa shape index (κ3) is 3.67. The lowest BCUT2D eigenvalue weighted by molar-refractivity contribution is -0.385. The summed E-state index contributed by atoms with van der Waals surface area (Å²) in [5.74, 6) is 0. The Morgan fingerprint density at radius 3 is 2.68 bits per heavy atom. The van der Waals surface area contributed by atoms with E-state index in [0.717, 1.165) is 12.2 Å². The van der Waals surface area contributed by atoms with Crippen LogP contribution in [0.15, 0.2) is 18.2 Å². The molecule has 1 aliphatic rings. The van der Waals surface area contributed by atoms with E-state index in [0.29, 0.717) is 11.6 Å². The number of nitrogens with one attached hydrogen (secondary N) is 1. The van der Waals surface area contributed by atoms with Crippen molar-refractivity contribution in [3.05, 3.63) is 33.9 Å². The molecule has 1 saturated heterocycles. The fourth-order valence-corrected chi connectivity index (χ4v) is 2.63. The van der Waals surface area contributed by atoms with E-state index in [1.165, 1.54) is 25.9 Å². The molecule has 0 saturated carbocycles. The molecule has 1 N–H and O–H groups in total. The van der Waals surface area contributed by atoms with E-state index in [2.05, 4.69) is 17.1 Å². The van der Waals surface area contributed by atoms with Gasteiger partial charge in [0.1, 0.15) is 0 Å². The number of aryl methyl sites for hydroxylation is 1. The fourth-order valence-electron chi connectivity index (χ4n) is 2.63. The number of benzene rings is 1. The molecule has 1 fully saturated rings. The highest BCUT2D eigenvalue weighted by Crippen LogP contribution is 2.22. The predicted molar refractivity (Wildman–Crippen MR) is 76.6 cm³/mol. The summed E-state index contributed by atoms with van der Waals surface area (Å²) in [6.45, 7) is 7.32. The van der Waals surface area contributed by atoms with E-state index >= 15 is 0 Å². The molecular formula is C14H21N3O2. The van der Waals surface area contributed by atoms with Gasteiger partial charge in [-0.2, -0.15) is 0 Å². The molecule has 1 aromatic carbocycles. The Labute approximate surface area is 113 Å². The number of rotatable bonds is 5. The molecule has 1 aromatic rings. The second-order valence-electron chi connectivity index (χ2n) is 5.31. The summed E-state index contributed by atoms with van der Waals surface area (Å²) in [6.07, 6.45) is 2.59. The van der Waals surface area contributed by atoms with Crippen LogP contribution < -0.4 is 5.32 Å². The highest BCUT2D eigenvalue weighted by molar-refractivity contribution is 5.53. The Bertz CT molecular complexity index is 456. The van der Waals surface area contributed by atoms with Gasteiger partial charge in [-0.1, -0.05) is 0 Å². The SMILES string of the molecule is Cc1cc(NC(C)CN2CCCC2)ccc1[N+](=O)[O-]. The van der Waals surface area contributed by atoms with Gasteiger partial charge in [-0.15, -0.1) is 0 Å². The average molecular weight is 263 g/mol. The summed E-state index contributed by atoms with van der Waals surface area (Å²) < 4.78 is 0. The van der Waals surface area contributed by atoms with Crippen LogP contribution in [0.3, 0.4) is 0 Å². The van der Waals surface area contributed by atoms with Gasteiger partial charge in [0.05, 0.1) is 4.92 Å². The molecule has 2 rings (SSSR count). The molecular weight excluding hydrogens is 242 g/mol. The van der Waals surface area contributed by atoms with Crippen molar-refractivity contribution >= 4 is 11.4 Å². The molecule has 19 heavy (non-hydrogen) atoms. The van der Waals surface area contributed by atoms with Gasteiger partial charge in [0, 0.05) is 29.9 Å². The van der Waals surface area contributed by atoms with Crippen molar-refractivity contribution in [2.24, 2.45) is 0 Å². The maximum absolute atomic E-state index is 10.8. The molecule has 0 spiro atoms. The maximum Gasteiger partial charge on any atom is 0.272 e. The van der Waals surface area contributed by atoms with Crippen molar-refractivity contribution in [2.45, 2.75) is 32.7 Å². The zero-order chi connectivity index (χ0) is 13.8. The molecule has 1 atom stereocenters. The van der Waals surface area contributed by atoms with Gasteiger partial charge in [0.2, 0.25) is 0 Å². The molecule has 0 amide bonds. The second-order valence-corrected chi connectivity index (χ2v) is 5.31. The average Bonchev–Trinajstić information content (AvgIpc) is 2.81. The van der Waals surface area contributed by atoms with Crippen LogP contribution in [0.2, 0.25) is 0 Å². The van der Waals surface area contributed by atoms with E-state index in [9.17, 15) is 10.1 Å². The Morgan fingerprint density at radius 1 is 1.42 bits per heavy atom. The van der Waals surface area contributed by atoms with Crippen LogP contribution in [0.25, 0.3) is 0 Å². The summed E-state index contributed by atoms with van der Waals surface area (Å²) in [5, 5.41) is 14.2. The van der Waals surface area contributed by atoms with Gasteiger partial charge in [-0.25, -0.2) is 0 Å². The van der Waals surface area contributed by atoms with Crippen LogP contribution in [0.1, 0.15) is 25.3 Å². The second kappa shape index (κ2) is 6.02. The van der Waals surface area contributed by atoms with Crippen LogP contribution in [-0.4, -0.2) is 35.5 Å². The van der Waals surface area contributed by atoms with Crippen LogP contribution >= 0.6 is 0 Å². The van der Waals surface area contributed by atoms with Crippen molar-refractivity contribution in [3.63, 3.8) is 0 Å². The molecule has 0 aliphatic carbocycles. The first-order chi connectivity index (χ1) is 9.06. The summed E-state index contributed by atoms with van der Waals surface area (Å²) in [6, 6.07) is 5.55. The number of hydrogen-bond donors (Lipinski definition) is 1. The normalized spacial score (nSPS) is 17.4. The molecule has 1 unspecified atom stereocenters. The van der Waals surface area contributed by atoms with Crippen LogP contribution in [-0.2, 0) is 0 Å². The van der Waals surface area contributed by atoms with E-state index in [4.69, 9.17) is 0 Å². The smallest absolute Gasteiger partial charge is 0.272 e. The minimum Gasteiger partial charge on any atom is -0.381 e.